The van der Waals surface area contributed by atoms with E-state index in [1.54, 1.807) is 47.0 Å². The number of fused-ring (bicyclic) bond motifs is 2. The topological polar surface area (TPSA) is 66.2 Å². The second kappa shape index (κ2) is 4.80. The van der Waals surface area contributed by atoms with Crippen LogP contribution in [0.5, 0.6) is 11.5 Å². The van der Waals surface area contributed by atoms with Gasteiger partial charge < -0.3 is 10.2 Å². The molecule has 4 rings (SSSR count). The van der Waals surface area contributed by atoms with Crippen LogP contribution < -0.4 is 0 Å². The van der Waals surface area contributed by atoms with Gasteiger partial charge in [-0.25, -0.2) is 9.97 Å². The summed E-state index contributed by atoms with van der Waals surface area (Å²) in [4.78, 5) is 8.87. The quantitative estimate of drug-likeness (QED) is 0.689. The van der Waals surface area contributed by atoms with E-state index in [1.165, 1.54) is 16.4 Å². The standard InChI is InChI=1S/C12H6N2O2S4/c15-5-1-2-6(16)8-7(5)13-9-10(14-8)20-12(19-9)11-17-3-4-18-11/h1-4,15-16H. The van der Waals surface area contributed by atoms with Crippen molar-refractivity contribution in [3.63, 3.8) is 0 Å². The van der Waals surface area contributed by atoms with Gasteiger partial charge in [0, 0.05) is 0 Å². The van der Waals surface area contributed by atoms with Crippen molar-refractivity contribution in [2.45, 2.75) is 10.1 Å². The predicted molar refractivity (Wildman–Crippen MR) is 85.9 cm³/mol. The summed E-state index contributed by atoms with van der Waals surface area (Å²) < 4.78 is 2.37. The highest BCUT2D eigenvalue weighted by Crippen LogP contribution is 2.56. The first-order valence-corrected chi connectivity index (χ1v) is 8.92. The first kappa shape index (κ1) is 12.8. The molecule has 100 valence electrons. The summed E-state index contributed by atoms with van der Waals surface area (Å²) in [5.41, 5.74) is 0.681. The minimum atomic E-state index is 0.0334. The van der Waals surface area contributed by atoms with Crippen LogP contribution in [0.3, 0.4) is 0 Å². The molecule has 2 aliphatic rings. The number of benzene rings is 1. The summed E-state index contributed by atoms with van der Waals surface area (Å²) in [6.45, 7) is 0. The number of nitrogens with zero attached hydrogens (tertiary/aromatic N) is 2. The van der Waals surface area contributed by atoms with E-state index in [4.69, 9.17) is 0 Å². The second-order valence-electron chi connectivity index (χ2n) is 3.92. The molecule has 0 fully saturated rings. The van der Waals surface area contributed by atoms with Crippen molar-refractivity contribution >= 4 is 58.1 Å². The molecule has 0 unspecified atom stereocenters. The fraction of sp³-hybridized carbons (Fsp3) is 0. The van der Waals surface area contributed by atoms with Crippen molar-refractivity contribution in [1.29, 1.82) is 0 Å². The maximum atomic E-state index is 9.84. The fourth-order valence-corrected chi connectivity index (χ4v) is 6.26. The number of hydrogen-bond donors (Lipinski definition) is 2. The van der Waals surface area contributed by atoms with E-state index in [1.807, 2.05) is 10.8 Å². The van der Waals surface area contributed by atoms with Gasteiger partial charge in [0.25, 0.3) is 0 Å². The Morgan fingerprint density at radius 1 is 0.750 bits per heavy atom. The summed E-state index contributed by atoms with van der Waals surface area (Å²) in [5.74, 6) is 0.0668. The molecule has 20 heavy (non-hydrogen) atoms. The maximum absolute atomic E-state index is 9.84. The number of rotatable bonds is 0. The van der Waals surface area contributed by atoms with Crippen LogP contribution in [0.15, 0.2) is 41.5 Å². The number of phenolic OH excluding ortho intramolecular Hbond substituents is 2. The average Bonchev–Trinajstić information content (AvgIpc) is 3.09. The van der Waals surface area contributed by atoms with Crippen molar-refractivity contribution in [3.8, 4) is 11.5 Å². The third-order valence-corrected chi connectivity index (χ3v) is 7.68. The van der Waals surface area contributed by atoms with Crippen LogP contribution in [0.25, 0.3) is 11.0 Å². The normalized spacial score (nSPS) is 17.2. The first-order chi connectivity index (χ1) is 9.72. The molecule has 2 aliphatic heterocycles. The minimum Gasteiger partial charge on any atom is -0.506 e. The number of hydrogen-bond acceptors (Lipinski definition) is 8. The molecule has 2 N–H and O–H groups in total. The highest BCUT2D eigenvalue weighted by atomic mass is 32.2. The van der Waals surface area contributed by atoms with Crippen LogP contribution in [0.4, 0.5) is 0 Å². The largest absolute Gasteiger partial charge is 0.506 e. The highest BCUT2D eigenvalue weighted by molar-refractivity contribution is 8.32. The van der Waals surface area contributed by atoms with Crippen molar-refractivity contribution in [1.82, 2.24) is 9.97 Å². The van der Waals surface area contributed by atoms with Crippen molar-refractivity contribution in [3.05, 3.63) is 31.4 Å². The zero-order chi connectivity index (χ0) is 13.7. The van der Waals surface area contributed by atoms with Crippen molar-refractivity contribution in [2.24, 2.45) is 0 Å². The fourth-order valence-electron chi connectivity index (χ4n) is 1.79. The van der Waals surface area contributed by atoms with E-state index < -0.39 is 0 Å². The number of thioether (sulfide) groups is 4. The minimum absolute atomic E-state index is 0.0334. The molecule has 0 bridgehead atoms. The van der Waals surface area contributed by atoms with Crippen molar-refractivity contribution < 1.29 is 10.2 Å². The van der Waals surface area contributed by atoms with E-state index in [0.29, 0.717) is 11.0 Å². The Morgan fingerprint density at radius 3 is 1.75 bits per heavy atom. The highest BCUT2D eigenvalue weighted by Gasteiger charge is 2.26. The lowest BCUT2D eigenvalue weighted by Crippen LogP contribution is -1.89. The molecule has 0 atom stereocenters. The summed E-state index contributed by atoms with van der Waals surface area (Å²) in [7, 11) is 0. The van der Waals surface area contributed by atoms with Crippen LogP contribution in [0.1, 0.15) is 0 Å². The Labute approximate surface area is 131 Å². The van der Waals surface area contributed by atoms with Gasteiger partial charge in [0.1, 0.15) is 32.6 Å². The third kappa shape index (κ3) is 1.98. The lowest BCUT2D eigenvalue weighted by molar-refractivity contribution is 0.466. The third-order valence-electron chi connectivity index (χ3n) is 2.67. The van der Waals surface area contributed by atoms with Gasteiger partial charge in [-0.3, -0.25) is 0 Å². The molecule has 0 saturated carbocycles. The van der Waals surface area contributed by atoms with E-state index in [-0.39, 0.29) is 11.5 Å². The summed E-state index contributed by atoms with van der Waals surface area (Å²) >= 11 is 6.49. The molecule has 3 heterocycles. The van der Waals surface area contributed by atoms with Gasteiger partial charge in [-0.2, -0.15) is 0 Å². The van der Waals surface area contributed by atoms with E-state index in [2.05, 4.69) is 9.97 Å². The number of aromatic hydroxyl groups is 2. The molecule has 0 spiro atoms. The molecular formula is C12H6N2O2S4. The summed E-state index contributed by atoms with van der Waals surface area (Å²) in [6, 6.07) is 2.86. The van der Waals surface area contributed by atoms with Crippen LogP contribution in [0.2, 0.25) is 0 Å². The monoisotopic (exact) mass is 338 g/mol. The average molecular weight is 338 g/mol. The van der Waals surface area contributed by atoms with Gasteiger partial charge in [0.05, 0.1) is 8.47 Å². The lowest BCUT2D eigenvalue weighted by Gasteiger charge is -2.03. The molecule has 1 aromatic carbocycles. The zero-order valence-electron chi connectivity index (χ0n) is 9.73. The van der Waals surface area contributed by atoms with Crippen LogP contribution in [-0.2, 0) is 0 Å². The van der Waals surface area contributed by atoms with Gasteiger partial charge in [-0.1, -0.05) is 47.0 Å². The Morgan fingerprint density at radius 2 is 1.25 bits per heavy atom. The SMILES string of the molecule is Oc1ccc(O)c2nc3c(nc12)SC(=C1SC=CS1)S3. The number of aromatic nitrogens is 2. The van der Waals surface area contributed by atoms with Crippen LogP contribution in [-0.4, -0.2) is 20.2 Å². The Kier molecular flexibility index (Phi) is 3.06. The van der Waals surface area contributed by atoms with E-state index in [0.717, 1.165) is 14.3 Å². The number of phenols is 2. The Hall–Kier alpha value is -0.960. The molecule has 0 amide bonds. The maximum Gasteiger partial charge on any atom is 0.143 e. The van der Waals surface area contributed by atoms with Crippen LogP contribution in [0, 0.1) is 0 Å². The van der Waals surface area contributed by atoms with Gasteiger partial charge in [0.15, 0.2) is 0 Å². The zero-order valence-corrected chi connectivity index (χ0v) is 13.0. The van der Waals surface area contributed by atoms with Crippen LogP contribution >= 0.6 is 47.0 Å². The van der Waals surface area contributed by atoms with Crippen molar-refractivity contribution in [2.75, 3.05) is 0 Å². The Bertz CT molecular complexity index is 741. The predicted octanol–water partition coefficient (Wildman–Crippen LogP) is 4.32. The molecule has 2 aromatic rings. The smallest absolute Gasteiger partial charge is 0.143 e. The van der Waals surface area contributed by atoms with Gasteiger partial charge in [-0.15, -0.1) is 0 Å². The molecule has 0 saturated heterocycles. The molecule has 8 heteroatoms. The van der Waals surface area contributed by atoms with Gasteiger partial charge in [0.2, 0.25) is 0 Å². The first-order valence-electron chi connectivity index (χ1n) is 5.53. The molecule has 1 aromatic heterocycles. The molecule has 0 aliphatic carbocycles. The van der Waals surface area contributed by atoms with Gasteiger partial charge in [-0.05, 0) is 22.9 Å². The Balaban J connectivity index is 1.86. The molecule has 4 nitrogen and oxygen atoms in total. The summed E-state index contributed by atoms with van der Waals surface area (Å²) in [6.07, 6.45) is 0. The van der Waals surface area contributed by atoms with E-state index >= 15 is 0 Å². The van der Waals surface area contributed by atoms with Gasteiger partial charge >= 0.3 is 0 Å². The summed E-state index contributed by atoms with van der Waals surface area (Å²) in [5, 5.41) is 25.3. The molecular weight excluding hydrogens is 332 g/mol. The lowest BCUT2D eigenvalue weighted by atomic mass is 10.2. The second-order valence-corrected chi connectivity index (χ2v) is 8.27. The van der Waals surface area contributed by atoms with E-state index in [9.17, 15) is 10.2 Å². The molecule has 0 radical (unpaired) electrons.